The molecule has 5 heteroatoms. The first-order chi connectivity index (χ1) is 15.6. The maximum absolute atomic E-state index is 7.02. The van der Waals surface area contributed by atoms with Crippen molar-refractivity contribution in [2.24, 2.45) is 17.8 Å². The van der Waals surface area contributed by atoms with Gasteiger partial charge in [0.1, 0.15) is 19.4 Å². The van der Waals surface area contributed by atoms with E-state index in [1.54, 1.807) is 6.34 Å². The molecule has 5 nitrogen and oxygen atoms in total. The first-order valence-electron chi connectivity index (χ1n) is 10.6. The number of fused-ring (bicyclic) bond motifs is 1. The molecular formula is C27H25N4O+. The van der Waals surface area contributed by atoms with E-state index in [0.29, 0.717) is 6.61 Å². The van der Waals surface area contributed by atoms with Gasteiger partial charge in [0.05, 0.1) is 6.34 Å². The third kappa shape index (κ3) is 3.63. The minimum absolute atomic E-state index is 0.461. The van der Waals surface area contributed by atoms with Crippen LogP contribution in [-0.2, 0) is 19.3 Å². The number of hydrogen-bond donors (Lipinski definition) is 2. The van der Waals surface area contributed by atoms with Crippen molar-refractivity contribution in [1.29, 1.82) is 0 Å². The second kappa shape index (κ2) is 8.29. The van der Waals surface area contributed by atoms with Crippen molar-refractivity contribution in [1.82, 2.24) is 0 Å². The fourth-order valence-corrected chi connectivity index (χ4v) is 4.10. The Kier molecular flexibility index (Phi) is 5.17. The van der Waals surface area contributed by atoms with Crippen LogP contribution in [0, 0.1) is 0 Å². The summed E-state index contributed by atoms with van der Waals surface area (Å²) in [5, 5.41) is 3.24. The van der Waals surface area contributed by atoms with E-state index in [1.807, 2.05) is 80.0 Å². The zero-order valence-corrected chi connectivity index (χ0v) is 17.9. The third-order valence-electron chi connectivity index (χ3n) is 5.80. The highest BCUT2D eigenvalue weighted by molar-refractivity contribution is 5.84. The van der Waals surface area contributed by atoms with Gasteiger partial charge in [0, 0.05) is 34.5 Å². The Hall–Kier alpha value is -3.96. The van der Waals surface area contributed by atoms with Crippen LogP contribution >= 0.6 is 0 Å². The van der Waals surface area contributed by atoms with Crippen molar-refractivity contribution in [2.45, 2.75) is 12.3 Å². The van der Waals surface area contributed by atoms with E-state index in [4.69, 9.17) is 15.5 Å². The molecule has 158 valence electrons. The average Bonchev–Trinajstić information content (AvgIpc) is 2.84. The van der Waals surface area contributed by atoms with Gasteiger partial charge in [0.2, 0.25) is 5.69 Å². The summed E-state index contributed by atoms with van der Waals surface area (Å²) in [6.45, 7) is 0.461. The van der Waals surface area contributed by atoms with Crippen LogP contribution in [0.25, 0.3) is 11.3 Å². The van der Waals surface area contributed by atoms with E-state index in [-0.39, 0.29) is 0 Å². The molecule has 3 aromatic carbocycles. The topological polar surface area (TPSA) is 63.5 Å². The van der Waals surface area contributed by atoms with Gasteiger partial charge in [-0.05, 0) is 35.9 Å². The van der Waals surface area contributed by atoms with Gasteiger partial charge in [0.15, 0.2) is 11.9 Å². The minimum atomic E-state index is -1.07. The fourth-order valence-electron chi connectivity index (χ4n) is 4.10. The van der Waals surface area contributed by atoms with E-state index in [2.05, 4.69) is 34.1 Å². The molecule has 1 aromatic heterocycles. The van der Waals surface area contributed by atoms with Gasteiger partial charge >= 0.3 is 0 Å². The van der Waals surface area contributed by atoms with E-state index >= 15 is 0 Å². The van der Waals surface area contributed by atoms with Crippen LogP contribution < -0.4 is 20.4 Å². The molecule has 1 aliphatic heterocycles. The quantitative estimate of drug-likeness (QED) is 0.471. The Bertz CT molecular complexity index is 1290. The highest BCUT2D eigenvalue weighted by Gasteiger charge is 2.36. The minimum Gasteiger partial charge on any atom is -0.488 e. The molecule has 1 aliphatic rings. The van der Waals surface area contributed by atoms with E-state index < -0.39 is 5.66 Å². The number of hydrogen-bond acceptors (Lipinski definition) is 4. The Morgan fingerprint density at radius 3 is 2.53 bits per heavy atom. The molecule has 0 radical (unpaired) electrons. The van der Waals surface area contributed by atoms with Gasteiger partial charge in [-0.3, -0.25) is 5.73 Å². The molecule has 0 bridgehead atoms. The number of ether oxygens (including phenoxy) is 1. The predicted octanol–water partition coefficient (Wildman–Crippen LogP) is 4.37. The SMILES string of the molecule is C[n+]1ccccc1-c1ccc2c(c1)C(N)(c1ccccc1OCc1ccccc1)N=CN2. The number of nitrogens with zero attached hydrogens (tertiary/aromatic N) is 2. The summed E-state index contributed by atoms with van der Waals surface area (Å²) in [6, 6.07) is 30.4. The summed E-state index contributed by atoms with van der Waals surface area (Å²) in [4.78, 5) is 4.70. The number of nitrogens with one attached hydrogen (secondary N) is 1. The van der Waals surface area contributed by atoms with Gasteiger partial charge in [-0.2, -0.15) is 0 Å². The van der Waals surface area contributed by atoms with E-state index in [0.717, 1.165) is 39.4 Å². The first kappa shape index (κ1) is 20.0. The maximum atomic E-state index is 7.02. The van der Waals surface area contributed by atoms with Gasteiger partial charge in [-0.25, -0.2) is 9.56 Å². The lowest BCUT2D eigenvalue weighted by molar-refractivity contribution is -0.660. The third-order valence-corrected chi connectivity index (χ3v) is 5.80. The molecule has 1 atom stereocenters. The standard InChI is InChI=1S/C27H24N4O/c1-31-16-8-7-12-25(31)21-14-15-24-23(17-21)27(28,30-19-29-24)22-11-5-6-13-26(22)32-18-20-9-3-2-4-10-20/h2-17,19H,18,28H2,1H3/p+1. The number of para-hydroxylation sites is 1. The predicted molar refractivity (Wildman–Crippen MR) is 127 cm³/mol. The smallest absolute Gasteiger partial charge is 0.212 e. The number of aliphatic imine (C=N–C) groups is 1. The summed E-state index contributed by atoms with van der Waals surface area (Å²) < 4.78 is 8.31. The van der Waals surface area contributed by atoms with Crippen LogP contribution in [0.1, 0.15) is 16.7 Å². The number of aryl methyl sites for hydroxylation is 1. The summed E-state index contributed by atoms with van der Waals surface area (Å²) in [5.41, 5.74) is 11.9. The Morgan fingerprint density at radius 2 is 1.69 bits per heavy atom. The molecule has 2 heterocycles. The second-order valence-electron chi connectivity index (χ2n) is 7.90. The Balaban J connectivity index is 1.57. The van der Waals surface area contributed by atoms with Gasteiger partial charge in [-0.1, -0.05) is 48.5 Å². The average molecular weight is 422 g/mol. The molecule has 0 fully saturated rings. The number of anilines is 1. The van der Waals surface area contributed by atoms with Crippen molar-refractivity contribution in [3.05, 3.63) is 114 Å². The van der Waals surface area contributed by atoms with E-state index in [1.165, 1.54) is 0 Å². The normalized spacial score (nSPS) is 16.8. The first-order valence-corrected chi connectivity index (χ1v) is 10.6. The number of benzene rings is 3. The molecule has 32 heavy (non-hydrogen) atoms. The van der Waals surface area contributed by atoms with Crippen LogP contribution in [0.15, 0.2) is 102 Å². The monoisotopic (exact) mass is 421 g/mol. The number of rotatable bonds is 5. The highest BCUT2D eigenvalue weighted by atomic mass is 16.5. The summed E-state index contributed by atoms with van der Waals surface area (Å²) in [6.07, 6.45) is 3.70. The molecule has 4 aromatic rings. The van der Waals surface area contributed by atoms with Crippen LogP contribution in [0.4, 0.5) is 5.69 Å². The molecule has 0 amide bonds. The lowest BCUT2D eigenvalue weighted by Crippen LogP contribution is -2.40. The Morgan fingerprint density at radius 1 is 0.906 bits per heavy atom. The van der Waals surface area contributed by atoms with Gasteiger partial charge in [-0.15, -0.1) is 0 Å². The number of aromatic nitrogens is 1. The molecule has 5 rings (SSSR count). The van der Waals surface area contributed by atoms with E-state index in [9.17, 15) is 0 Å². The van der Waals surface area contributed by atoms with Crippen molar-refractivity contribution in [3.63, 3.8) is 0 Å². The van der Waals surface area contributed by atoms with Gasteiger partial charge < -0.3 is 10.1 Å². The molecule has 0 saturated carbocycles. The van der Waals surface area contributed by atoms with Crippen molar-refractivity contribution < 1.29 is 9.30 Å². The fraction of sp³-hybridized carbons (Fsp3) is 0.111. The largest absolute Gasteiger partial charge is 0.488 e. The van der Waals surface area contributed by atoms with Crippen molar-refractivity contribution >= 4 is 12.0 Å². The summed E-state index contributed by atoms with van der Waals surface area (Å²) in [7, 11) is 2.04. The van der Waals surface area contributed by atoms with Gasteiger partial charge in [0.25, 0.3) is 0 Å². The highest BCUT2D eigenvalue weighted by Crippen LogP contribution is 2.41. The molecule has 0 aliphatic carbocycles. The molecular weight excluding hydrogens is 396 g/mol. The lowest BCUT2D eigenvalue weighted by Gasteiger charge is -2.32. The summed E-state index contributed by atoms with van der Waals surface area (Å²) in [5.74, 6) is 0.722. The zero-order valence-electron chi connectivity index (χ0n) is 17.9. The van der Waals surface area contributed by atoms with Crippen LogP contribution in [0.3, 0.4) is 0 Å². The van der Waals surface area contributed by atoms with Crippen molar-refractivity contribution in [2.75, 3.05) is 5.32 Å². The number of pyridine rings is 1. The Labute approximate surface area is 187 Å². The number of nitrogens with two attached hydrogens (primary N) is 1. The molecule has 0 saturated heterocycles. The van der Waals surface area contributed by atoms with Crippen LogP contribution in [0.2, 0.25) is 0 Å². The second-order valence-corrected chi connectivity index (χ2v) is 7.90. The van der Waals surface area contributed by atoms with Crippen LogP contribution in [0.5, 0.6) is 5.75 Å². The summed E-state index contributed by atoms with van der Waals surface area (Å²) >= 11 is 0. The maximum Gasteiger partial charge on any atom is 0.212 e. The molecule has 3 N–H and O–H groups in total. The lowest BCUT2D eigenvalue weighted by atomic mass is 9.88. The zero-order chi connectivity index (χ0) is 22.0. The molecule has 0 spiro atoms. The molecule has 1 unspecified atom stereocenters. The van der Waals surface area contributed by atoms with Crippen molar-refractivity contribution in [3.8, 4) is 17.0 Å². The van der Waals surface area contributed by atoms with Crippen LogP contribution in [-0.4, -0.2) is 6.34 Å².